The molecule has 0 bridgehead atoms. The van der Waals surface area contributed by atoms with Gasteiger partial charge in [-0.2, -0.15) is 0 Å². The molecule has 2 heterocycles. The van der Waals surface area contributed by atoms with Crippen LogP contribution < -0.4 is 4.90 Å². The Hall–Kier alpha value is -1.55. The van der Waals surface area contributed by atoms with Crippen LogP contribution in [0.2, 0.25) is 10.0 Å². The molecule has 0 amide bonds. The van der Waals surface area contributed by atoms with Gasteiger partial charge in [0, 0.05) is 39.2 Å². The third kappa shape index (κ3) is 2.85. The van der Waals surface area contributed by atoms with Gasteiger partial charge >= 0.3 is 0 Å². The first-order valence-electron chi connectivity index (χ1n) is 7.66. The van der Waals surface area contributed by atoms with E-state index in [0.717, 1.165) is 42.5 Å². The number of nitrogens with one attached hydrogen (secondary N) is 2. The van der Waals surface area contributed by atoms with Crippen molar-refractivity contribution < 1.29 is 9.29 Å². The van der Waals surface area contributed by atoms with Gasteiger partial charge in [0.1, 0.15) is 18.9 Å². The molecule has 118 valence electrons. The summed E-state index contributed by atoms with van der Waals surface area (Å²) in [5, 5.41) is 2.36. The van der Waals surface area contributed by atoms with Gasteiger partial charge in [-0.15, -0.1) is 0 Å². The Kier molecular flexibility index (Phi) is 3.80. The molecule has 0 saturated carbocycles. The standard InChI is InChI=1S/C18H15Cl2FN2/c19-12-2-1-11(16(20)7-12)9-23-6-5-18-15(10-23)14-8-13(21)3-4-17(14)22-18/h1-4,7-8,22H,5-6,9-10H2/p+1. The van der Waals surface area contributed by atoms with Crippen molar-refractivity contribution in [1.82, 2.24) is 4.98 Å². The zero-order valence-electron chi connectivity index (χ0n) is 12.4. The minimum atomic E-state index is -0.188. The van der Waals surface area contributed by atoms with E-state index in [2.05, 4.69) is 4.98 Å². The van der Waals surface area contributed by atoms with Crippen LogP contribution in [0.1, 0.15) is 16.8 Å². The molecule has 1 aliphatic rings. The van der Waals surface area contributed by atoms with Crippen LogP contribution in [0.5, 0.6) is 0 Å². The molecule has 1 aliphatic heterocycles. The van der Waals surface area contributed by atoms with Gasteiger partial charge in [0.05, 0.1) is 11.6 Å². The lowest BCUT2D eigenvalue weighted by atomic mass is 10.0. The molecule has 0 spiro atoms. The van der Waals surface area contributed by atoms with Crippen molar-refractivity contribution in [1.29, 1.82) is 0 Å². The molecule has 1 aromatic heterocycles. The van der Waals surface area contributed by atoms with Crippen LogP contribution in [0.15, 0.2) is 36.4 Å². The smallest absolute Gasteiger partial charge is 0.123 e. The maximum absolute atomic E-state index is 13.6. The van der Waals surface area contributed by atoms with E-state index in [1.807, 2.05) is 18.2 Å². The molecule has 0 saturated heterocycles. The molecular formula is C18H16Cl2FN2+. The summed E-state index contributed by atoms with van der Waals surface area (Å²) in [6.07, 6.45) is 0.964. The molecule has 2 aromatic carbocycles. The summed E-state index contributed by atoms with van der Waals surface area (Å²) in [5.74, 6) is -0.188. The number of quaternary nitrogens is 1. The van der Waals surface area contributed by atoms with E-state index in [9.17, 15) is 4.39 Å². The van der Waals surface area contributed by atoms with Crippen LogP contribution in [0.3, 0.4) is 0 Å². The van der Waals surface area contributed by atoms with E-state index in [1.54, 1.807) is 12.1 Å². The van der Waals surface area contributed by atoms with Crippen molar-refractivity contribution in [3.8, 4) is 0 Å². The third-order valence-electron chi connectivity index (χ3n) is 4.57. The molecule has 0 fully saturated rings. The Balaban J connectivity index is 1.63. The van der Waals surface area contributed by atoms with Gasteiger partial charge in [-0.05, 0) is 30.3 Å². The highest BCUT2D eigenvalue weighted by Crippen LogP contribution is 2.25. The van der Waals surface area contributed by atoms with Crippen LogP contribution in [0, 0.1) is 5.82 Å². The van der Waals surface area contributed by atoms with Gasteiger partial charge < -0.3 is 9.88 Å². The number of H-pyrrole nitrogens is 1. The zero-order valence-corrected chi connectivity index (χ0v) is 13.9. The Bertz CT molecular complexity index is 888. The highest BCUT2D eigenvalue weighted by atomic mass is 35.5. The Morgan fingerprint density at radius 3 is 2.83 bits per heavy atom. The molecule has 1 atom stereocenters. The first-order chi connectivity index (χ1) is 11.1. The number of aromatic amines is 1. The second-order valence-electron chi connectivity index (χ2n) is 6.11. The number of halogens is 3. The highest BCUT2D eigenvalue weighted by molar-refractivity contribution is 6.35. The number of hydrogen-bond acceptors (Lipinski definition) is 0. The van der Waals surface area contributed by atoms with E-state index in [-0.39, 0.29) is 5.82 Å². The topological polar surface area (TPSA) is 20.2 Å². The van der Waals surface area contributed by atoms with Gasteiger partial charge in [-0.1, -0.05) is 29.3 Å². The summed E-state index contributed by atoms with van der Waals surface area (Å²) < 4.78 is 13.6. The SMILES string of the molecule is Fc1ccc2[nH]c3c(c2c1)C[NH+](Cc1ccc(Cl)cc1Cl)CC3. The Morgan fingerprint density at radius 2 is 2.00 bits per heavy atom. The summed E-state index contributed by atoms with van der Waals surface area (Å²) in [5.41, 5.74) is 4.57. The van der Waals surface area contributed by atoms with Crippen LogP contribution in [-0.2, 0) is 19.5 Å². The molecule has 23 heavy (non-hydrogen) atoms. The maximum Gasteiger partial charge on any atom is 0.123 e. The highest BCUT2D eigenvalue weighted by Gasteiger charge is 2.24. The van der Waals surface area contributed by atoms with Crippen molar-refractivity contribution in [2.45, 2.75) is 19.5 Å². The Labute approximate surface area is 143 Å². The minimum Gasteiger partial charge on any atom is -0.358 e. The fourth-order valence-electron chi connectivity index (χ4n) is 3.42. The van der Waals surface area contributed by atoms with E-state index < -0.39 is 0 Å². The summed E-state index contributed by atoms with van der Waals surface area (Å²) >= 11 is 12.3. The first-order valence-corrected chi connectivity index (χ1v) is 8.42. The van der Waals surface area contributed by atoms with E-state index in [4.69, 9.17) is 23.2 Å². The second-order valence-corrected chi connectivity index (χ2v) is 6.95. The van der Waals surface area contributed by atoms with Crippen molar-refractivity contribution in [3.05, 3.63) is 69.1 Å². The molecule has 1 unspecified atom stereocenters. The summed E-state index contributed by atoms with van der Waals surface area (Å²) in [6, 6.07) is 10.6. The molecule has 2 N–H and O–H groups in total. The van der Waals surface area contributed by atoms with Crippen LogP contribution >= 0.6 is 23.2 Å². The molecule has 3 aromatic rings. The summed E-state index contributed by atoms with van der Waals surface area (Å²) in [6.45, 7) is 2.75. The fourth-order valence-corrected chi connectivity index (χ4v) is 3.89. The van der Waals surface area contributed by atoms with E-state index in [1.165, 1.54) is 22.2 Å². The van der Waals surface area contributed by atoms with Crippen LogP contribution in [0.25, 0.3) is 10.9 Å². The lowest BCUT2D eigenvalue weighted by molar-refractivity contribution is -0.929. The van der Waals surface area contributed by atoms with E-state index in [0.29, 0.717) is 10.0 Å². The molecule has 2 nitrogen and oxygen atoms in total. The lowest BCUT2D eigenvalue weighted by Gasteiger charge is -2.24. The minimum absolute atomic E-state index is 0.188. The number of hydrogen-bond donors (Lipinski definition) is 2. The summed E-state index contributed by atoms with van der Waals surface area (Å²) in [7, 11) is 0. The number of rotatable bonds is 2. The second kappa shape index (κ2) is 5.82. The largest absolute Gasteiger partial charge is 0.358 e. The van der Waals surface area contributed by atoms with Crippen molar-refractivity contribution in [2.75, 3.05) is 6.54 Å². The molecular weight excluding hydrogens is 334 g/mol. The predicted octanol–water partition coefficient (Wildman–Crippen LogP) is 3.76. The number of aromatic nitrogens is 1. The number of benzene rings is 2. The van der Waals surface area contributed by atoms with Gasteiger partial charge in [0.2, 0.25) is 0 Å². The first kappa shape index (κ1) is 15.0. The number of fused-ring (bicyclic) bond motifs is 3. The molecule has 5 heteroatoms. The van der Waals surface area contributed by atoms with Gasteiger partial charge in [-0.25, -0.2) is 4.39 Å². The van der Waals surface area contributed by atoms with E-state index >= 15 is 0 Å². The monoisotopic (exact) mass is 349 g/mol. The Morgan fingerprint density at radius 1 is 1.13 bits per heavy atom. The third-order valence-corrected chi connectivity index (χ3v) is 5.15. The normalized spacial score (nSPS) is 17.4. The van der Waals surface area contributed by atoms with Crippen LogP contribution in [-0.4, -0.2) is 11.5 Å². The van der Waals surface area contributed by atoms with Crippen molar-refractivity contribution >= 4 is 34.1 Å². The van der Waals surface area contributed by atoms with Crippen LogP contribution in [0.4, 0.5) is 4.39 Å². The van der Waals surface area contributed by atoms with Gasteiger partial charge in [0.25, 0.3) is 0 Å². The van der Waals surface area contributed by atoms with Crippen molar-refractivity contribution in [3.63, 3.8) is 0 Å². The average Bonchev–Trinajstić information content (AvgIpc) is 2.87. The quantitative estimate of drug-likeness (QED) is 0.702. The van der Waals surface area contributed by atoms with Gasteiger partial charge in [-0.3, -0.25) is 0 Å². The van der Waals surface area contributed by atoms with Crippen molar-refractivity contribution in [2.24, 2.45) is 0 Å². The molecule has 0 aliphatic carbocycles. The average molecular weight is 350 g/mol. The lowest BCUT2D eigenvalue weighted by Crippen LogP contribution is -3.10. The molecule has 4 rings (SSSR count). The predicted molar refractivity (Wildman–Crippen MR) is 91.7 cm³/mol. The fraction of sp³-hybridized carbons (Fsp3) is 0.222. The zero-order chi connectivity index (χ0) is 16.0. The summed E-state index contributed by atoms with van der Waals surface area (Å²) in [4.78, 5) is 4.85. The molecule has 0 radical (unpaired) electrons. The van der Waals surface area contributed by atoms with Gasteiger partial charge in [0.15, 0.2) is 0 Å². The maximum atomic E-state index is 13.6.